The van der Waals surface area contributed by atoms with Gasteiger partial charge in [-0.15, -0.1) is 0 Å². The van der Waals surface area contributed by atoms with Crippen molar-refractivity contribution in [1.29, 1.82) is 0 Å². The van der Waals surface area contributed by atoms with Crippen LogP contribution in [0.25, 0.3) is 33.3 Å². The van der Waals surface area contributed by atoms with Crippen molar-refractivity contribution >= 4 is 34.6 Å². The number of pyridine rings is 1. The van der Waals surface area contributed by atoms with Crippen molar-refractivity contribution < 1.29 is 38.9 Å². The van der Waals surface area contributed by atoms with Gasteiger partial charge in [0.05, 0.1) is 36.6 Å². The van der Waals surface area contributed by atoms with E-state index < -0.39 is 47.4 Å². The molecule has 0 saturated carbocycles. The normalized spacial score (nSPS) is 22.1. The first-order valence-electron chi connectivity index (χ1n) is 21.1. The molecule has 2 aromatic carbocycles. The molecule has 0 aliphatic carbocycles. The maximum atomic E-state index is 14.5. The smallest absolute Gasteiger partial charge is 0.324 e. The van der Waals surface area contributed by atoms with E-state index >= 15 is 0 Å². The number of ether oxygens (including phenoxy) is 2. The van der Waals surface area contributed by atoms with Gasteiger partial charge in [0.1, 0.15) is 23.9 Å². The molecule has 3 aliphatic heterocycles. The predicted octanol–water partition coefficient (Wildman–Crippen LogP) is 5.07. The Kier molecular flexibility index (Phi) is 12.4. The predicted molar refractivity (Wildman–Crippen MR) is 226 cm³/mol. The fraction of sp³-hybridized carbons (Fsp3) is 0.500. The lowest BCUT2D eigenvalue weighted by Gasteiger charge is -2.36. The number of methoxy groups -OCH3 is 1. The van der Waals surface area contributed by atoms with Crippen LogP contribution in [-0.4, -0.2) is 104 Å². The van der Waals surface area contributed by atoms with Gasteiger partial charge in [-0.2, -0.15) is 0 Å². The van der Waals surface area contributed by atoms with E-state index in [0.717, 1.165) is 44.5 Å². The highest BCUT2D eigenvalue weighted by Crippen LogP contribution is 2.42. The molecule has 0 spiro atoms. The third-order valence-electron chi connectivity index (χ3n) is 12.1. The summed E-state index contributed by atoms with van der Waals surface area (Å²) in [5, 5.41) is 26.8. The van der Waals surface area contributed by atoms with Gasteiger partial charge in [-0.25, -0.2) is 5.43 Å². The van der Waals surface area contributed by atoms with Crippen molar-refractivity contribution in [3.63, 3.8) is 0 Å². The number of β-amino-alcohol motifs (C(OH)–C–C–N with tert-alkyl or cyclic N) is 1. The SMILES string of the molecule is CCn1c(-c2cccnc2[C@H](C)OC)c2c3cc(ccc31)-c1cc(O)cc(c1)C[C@H](NC(=O)[C@H](C(C)C)N1C[C@H](O)CC1=O)C(=O)N1CCC[C@H](N1)C(=O)OCC(C)(C)C2. The molecule has 2 saturated heterocycles. The molecule has 0 unspecified atom stereocenters. The Morgan fingerprint density at radius 3 is 2.57 bits per heavy atom. The molecule has 5 heterocycles. The van der Waals surface area contributed by atoms with Crippen LogP contribution >= 0.6 is 0 Å². The zero-order valence-electron chi connectivity index (χ0n) is 35.7. The Hall–Kier alpha value is -5.31. The number of hydrogen-bond donors (Lipinski definition) is 4. The summed E-state index contributed by atoms with van der Waals surface area (Å²) in [5.74, 6) is -2.15. The molecule has 2 fully saturated rings. The van der Waals surface area contributed by atoms with E-state index in [9.17, 15) is 29.4 Å². The fourth-order valence-corrected chi connectivity index (χ4v) is 9.11. The molecule has 3 amide bonds. The molecular weight excluding hydrogens is 765 g/mol. The maximum absolute atomic E-state index is 14.5. The number of aliphatic hydroxyl groups excluding tert-OH is 1. The van der Waals surface area contributed by atoms with Crippen LogP contribution in [0.15, 0.2) is 54.7 Å². The number of carbonyl (C=O) groups is 4. The summed E-state index contributed by atoms with van der Waals surface area (Å²) in [6, 6.07) is 12.5. The van der Waals surface area contributed by atoms with E-state index in [1.54, 1.807) is 25.4 Å². The minimum atomic E-state index is -1.14. The minimum Gasteiger partial charge on any atom is -0.508 e. The Labute approximate surface area is 351 Å². The van der Waals surface area contributed by atoms with Gasteiger partial charge >= 0.3 is 5.97 Å². The number of likely N-dealkylation sites (tertiary alicyclic amines) is 1. The Bertz CT molecular complexity index is 2290. The molecule has 5 atom stereocenters. The van der Waals surface area contributed by atoms with E-state index in [4.69, 9.17) is 14.5 Å². The topological polar surface area (TPSA) is 176 Å². The molecule has 2 aromatic heterocycles. The highest BCUT2D eigenvalue weighted by atomic mass is 16.5. The van der Waals surface area contributed by atoms with E-state index in [2.05, 4.69) is 54.3 Å². The third-order valence-corrected chi connectivity index (χ3v) is 12.1. The Morgan fingerprint density at radius 2 is 1.87 bits per heavy atom. The highest BCUT2D eigenvalue weighted by molar-refractivity contribution is 5.96. The van der Waals surface area contributed by atoms with E-state index in [-0.39, 0.29) is 56.2 Å². The van der Waals surface area contributed by atoms with Crippen LogP contribution in [0.4, 0.5) is 0 Å². The molecular formula is C46H58N6O8. The minimum absolute atomic E-state index is 0.000163. The number of aromatic hydroxyl groups is 1. The zero-order chi connectivity index (χ0) is 43.0. The number of esters is 1. The van der Waals surface area contributed by atoms with Crippen LogP contribution < -0.4 is 10.7 Å². The average molecular weight is 823 g/mol. The summed E-state index contributed by atoms with van der Waals surface area (Å²) in [6.07, 6.45) is 2.05. The van der Waals surface area contributed by atoms with Crippen LogP contribution in [-0.2, 0) is 48.0 Å². The number of fused-ring (bicyclic) bond motifs is 6. The number of benzene rings is 2. The lowest BCUT2D eigenvalue weighted by atomic mass is 9.84. The number of aryl methyl sites for hydroxylation is 1. The van der Waals surface area contributed by atoms with Gasteiger partial charge < -0.3 is 34.5 Å². The van der Waals surface area contributed by atoms with Crippen molar-refractivity contribution in [2.24, 2.45) is 11.3 Å². The van der Waals surface area contributed by atoms with E-state index in [1.165, 1.54) is 9.91 Å². The number of amides is 3. The van der Waals surface area contributed by atoms with Crippen LogP contribution in [0.3, 0.4) is 0 Å². The van der Waals surface area contributed by atoms with Gasteiger partial charge in [0.15, 0.2) is 0 Å². The maximum Gasteiger partial charge on any atom is 0.324 e. The first-order valence-corrected chi connectivity index (χ1v) is 21.1. The second-order valence-electron chi connectivity index (χ2n) is 17.6. The lowest BCUT2D eigenvalue weighted by Crippen LogP contribution is -2.62. The quantitative estimate of drug-likeness (QED) is 0.176. The number of hydrogen-bond acceptors (Lipinski definition) is 10. The molecule has 14 heteroatoms. The molecule has 320 valence electrons. The molecule has 4 N–H and O–H groups in total. The van der Waals surface area contributed by atoms with Gasteiger partial charge in [0, 0.05) is 61.2 Å². The van der Waals surface area contributed by atoms with Crippen molar-refractivity contribution in [3.8, 4) is 28.1 Å². The first kappa shape index (κ1) is 42.8. The van der Waals surface area contributed by atoms with Crippen molar-refractivity contribution in [2.45, 2.75) is 111 Å². The third kappa shape index (κ3) is 8.63. The molecule has 4 aromatic rings. The lowest BCUT2D eigenvalue weighted by molar-refractivity contribution is -0.155. The van der Waals surface area contributed by atoms with Gasteiger partial charge in [0.2, 0.25) is 11.8 Å². The molecule has 6 bridgehead atoms. The van der Waals surface area contributed by atoms with E-state index in [0.29, 0.717) is 31.4 Å². The summed E-state index contributed by atoms with van der Waals surface area (Å²) in [4.78, 5) is 61.5. The summed E-state index contributed by atoms with van der Waals surface area (Å²) in [6.45, 7) is 12.9. The van der Waals surface area contributed by atoms with Gasteiger partial charge in [-0.3, -0.25) is 29.2 Å². The number of phenols is 1. The summed E-state index contributed by atoms with van der Waals surface area (Å²) in [5.41, 5.74) is 9.55. The highest BCUT2D eigenvalue weighted by Gasteiger charge is 2.41. The van der Waals surface area contributed by atoms with Crippen LogP contribution in [0, 0.1) is 11.3 Å². The second-order valence-corrected chi connectivity index (χ2v) is 17.6. The largest absolute Gasteiger partial charge is 0.508 e. The Morgan fingerprint density at radius 1 is 1.08 bits per heavy atom. The molecule has 7 rings (SSSR count). The standard InChI is InChI=1S/C46H58N6O8/c1-8-50-38-14-13-29-21-34(38)35(42(50)33-11-9-15-47-40(33)27(4)59-7)23-46(5,6)25-60-45(58)36-12-10-16-52(49-36)44(57)37(19-28-17-30(29)20-31(53)18-28)48-43(56)41(26(2)3)51-24-32(54)22-39(51)55/h9,11,13-15,17-18,20-21,26-27,32,36-37,41,49,53-54H,8,10,12,16,19,22-25H2,1-7H3,(H,48,56)/t27-,32+,36-,37-,41-/m0/s1. The van der Waals surface area contributed by atoms with Crippen molar-refractivity contribution in [3.05, 3.63) is 71.5 Å². The Balaban J connectivity index is 1.37. The number of cyclic esters (lactones) is 1. The average Bonchev–Trinajstić information content (AvgIpc) is 3.71. The van der Waals surface area contributed by atoms with Gasteiger partial charge in [-0.1, -0.05) is 39.8 Å². The molecule has 60 heavy (non-hydrogen) atoms. The van der Waals surface area contributed by atoms with Crippen LogP contribution in [0.2, 0.25) is 0 Å². The van der Waals surface area contributed by atoms with Crippen molar-refractivity contribution in [1.82, 2.24) is 30.2 Å². The summed E-state index contributed by atoms with van der Waals surface area (Å²) < 4.78 is 14.1. The zero-order valence-corrected chi connectivity index (χ0v) is 35.7. The molecule has 0 radical (unpaired) electrons. The van der Waals surface area contributed by atoms with Crippen LogP contribution in [0.5, 0.6) is 5.75 Å². The summed E-state index contributed by atoms with van der Waals surface area (Å²) >= 11 is 0. The van der Waals surface area contributed by atoms with E-state index in [1.807, 2.05) is 39.0 Å². The number of carbonyl (C=O) groups excluding carboxylic acids is 4. The number of phenolic OH excluding ortho intramolecular Hbond substituents is 1. The monoisotopic (exact) mass is 822 g/mol. The number of aliphatic hydroxyl groups is 1. The first-order chi connectivity index (χ1) is 28.6. The number of hydrazine groups is 1. The number of nitrogens with zero attached hydrogens (tertiary/aromatic N) is 4. The van der Waals surface area contributed by atoms with Gasteiger partial charge in [0.25, 0.3) is 5.91 Å². The van der Waals surface area contributed by atoms with Crippen molar-refractivity contribution in [2.75, 3.05) is 26.8 Å². The number of rotatable bonds is 8. The number of nitrogens with one attached hydrogen (secondary N) is 2. The number of aromatic nitrogens is 2. The fourth-order valence-electron chi connectivity index (χ4n) is 9.11. The van der Waals surface area contributed by atoms with Gasteiger partial charge in [-0.05, 0) is 97.7 Å². The van der Waals surface area contributed by atoms with Crippen LogP contribution in [0.1, 0.15) is 83.7 Å². The molecule has 3 aliphatic rings. The molecule has 14 nitrogen and oxygen atoms in total. The second kappa shape index (κ2) is 17.3. The summed E-state index contributed by atoms with van der Waals surface area (Å²) in [7, 11) is 1.67.